The van der Waals surface area contributed by atoms with Crippen LogP contribution in [0.15, 0.2) is 36.4 Å². The lowest BCUT2D eigenvalue weighted by Crippen LogP contribution is -2.36. The maximum Gasteiger partial charge on any atom is 0.307 e. The van der Waals surface area contributed by atoms with Crippen molar-refractivity contribution in [2.45, 2.75) is 19.4 Å². The molecule has 5 heteroatoms. The Labute approximate surface area is 128 Å². The Hall–Kier alpha value is -2.14. The summed E-state index contributed by atoms with van der Waals surface area (Å²) in [4.78, 5) is 24.0. The smallest absolute Gasteiger partial charge is 0.307 e. The van der Waals surface area contributed by atoms with E-state index in [2.05, 4.69) is 5.32 Å². The second-order valence-electron chi connectivity index (χ2n) is 6.13. The maximum absolute atomic E-state index is 12.5. The lowest BCUT2D eigenvalue weighted by Gasteiger charge is -2.24. The first-order chi connectivity index (χ1) is 10.5. The van der Waals surface area contributed by atoms with Crippen LogP contribution in [0.4, 0.5) is 5.69 Å². The van der Waals surface area contributed by atoms with Gasteiger partial charge in [0.25, 0.3) is 0 Å². The molecule has 116 valence electrons. The van der Waals surface area contributed by atoms with Gasteiger partial charge in [-0.2, -0.15) is 0 Å². The van der Waals surface area contributed by atoms with Gasteiger partial charge in [-0.15, -0.1) is 0 Å². The minimum absolute atomic E-state index is 0.00560. The molecule has 2 bridgehead atoms. The molecule has 0 heterocycles. The maximum atomic E-state index is 12.5. The van der Waals surface area contributed by atoms with E-state index in [4.69, 9.17) is 0 Å². The summed E-state index contributed by atoms with van der Waals surface area (Å²) in [6, 6.07) is 6.98. The van der Waals surface area contributed by atoms with Crippen molar-refractivity contribution in [2.75, 3.05) is 5.32 Å². The highest BCUT2D eigenvalue weighted by molar-refractivity contribution is 5.96. The van der Waals surface area contributed by atoms with Crippen LogP contribution in [-0.4, -0.2) is 22.1 Å². The van der Waals surface area contributed by atoms with Gasteiger partial charge < -0.3 is 15.5 Å². The lowest BCUT2D eigenvalue weighted by molar-refractivity contribution is -0.146. The Morgan fingerprint density at radius 3 is 2.55 bits per heavy atom. The van der Waals surface area contributed by atoms with Gasteiger partial charge in [-0.1, -0.05) is 24.3 Å². The number of hydrogen-bond acceptors (Lipinski definition) is 3. The lowest BCUT2D eigenvalue weighted by atomic mass is 9.82. The van der Waals surface area contributed by atoms with Crippen LogP contribution in [0.3, 0.4) is 0 Å². The normalized spacial score (nSPS) is 30.3. The molecule has 3 N–H and O–H groups in total. The number of nitrogens with one attached hydrogen (secondary N) is 1. The zero-order valence-electron chi connectivity index (χ0n) is 12.3. The molecule has 1 fully saturated rings. The number of benzene rings is 1. The van der Waals surface area contributed by atoms with E-state index in [1.165, 1.54) is 0 Å². The monoisotopic (exact) mass is 301 g/mol. The first-order valence-corrected chi connectivity index (χ1v) is 7.47. The molecule has 0 spiro atoms. The topological polar surface area (TPSA) is 86.6 Å². The van der Waals surface area contributed by atoms with Crippen LogP contribution in [-0.2, 0) is 9.59 Å². The number of hydrogen-bond donors (Lipinski definition) is 3. The van der Waals surface area contributed by atoms with E-state index >= 15 is 0 Å². The number of allylic oxidation sites excluding steroid dienone is 2. The van der Waals surface area contributed by atoms with Crippen molar-refractivity contribution in [2.24, 2.45) is 23.7 Å². The third-order valence-corrected chi connectivity index (χ3v) is 4.68. The van der Waals surface area contributed by atoms with Crippen molar-refractivity contribution in [1.29, 1.82) is 0 Å². The second kappa shape index (κ2) is 5.57. The molecule has 1 saturated carbocycles. The number of carboxylic acids is 1. The molecular weight excluding hydrogens is 282 g/mol. The van der Waals surface area contributed by atoms with Gasteiger partial charge >= 0.3 is 5.97 Å². The summed E-state index contributed by atoms with van der Waals surface area (Å²) in [5.74, 6) is -2.37. The fourth-order valence-corrected chi connectivity index (χ4v) is 3.62. The summed E-state index contributed by atoms with van der Waals surface area (Å²) in [6.07, 6.45) is 4.00. The van der Waals surface area contributed by atoms with E-state index < -0.39 is 23.9 Å². The average molecular weight is 301 g/mol. The van der Waals surface area contributed by atoms with Gasteiger partial charge in [-0.05, 0) is 42.9 Å². The molecule has 5 atom stereocenters. The van der Waals surface area contributed by atoms with Crippen LogP contribution in [0.25, 0.3) is 0 Å². The Bertz CT molecular complexity index is 637. The predicted octanol–water partition coefficient (Wildman–Crippen LogP) is 2.20. The van der Waals surface area contributed by atoms with E-state index in [0.717, 1.165) is 6.42 Å². The summed E-state index contributed by atoms with van der Waals surface area (Å²) in [5, 5.41) is 21.8. The molecular formula is C17H19NO4. The molecule has 1 amide bonds. The molecule has 0 aromatic heterocycles. The van der Waals surface area contributed by atoms with Crippen LogP contribution in [0, 0.1) is 23.7 Å². The number of aliphatic hydroxyl groups is 1. The van der Waals surface area contributed by atoms with Gasteiger partial charge in [0.15, 0.2) is 0 Å². The number of rotatable bonds is 4. The van der Waals surface area contributed by atoms with E-state index in [1.807, 2.05) is 12.2 Å². The number of carboxylic acid groups (broad SMARTS) is 1. The first-order valence-electron chi connectivity index (χ1n) is 7.47. The third kappa shape index (κ3) is 2.52. The second-order valence-corrected chi connectivity index (χ2v) is 6.13. The first kappa shape index (κ1) is 14.8. The number of carbonyl (C=O) groups excluding carboxylic acids is 1. The zero-order valence-corrected chi connectivity index (χ0v) is 12.3. The standard InChI is InChI=1S/C17H19NO4/c1-9(19)10-3-2-4-13(8-10)18-16(20)14-11-5-6-12(7-11)15(14)17(21)22/h2-6,8-9,11-12,14-15,19H,7H2,1H3,(H,18,20)(H,21,22). The van der Waals surface area contributed by atoms with Crippen molar-refractivity contribution >= 4 is 17.6 Å². The molecule has 2 aliphatic rings. The fourth-order valence-electron chi connectivity index (χ4n) is 3.62. The number of aliphatic carboxylic acids is 1. The van der Waals surface area contributed by atoms with Crippen LogP contribution in [0.2, 0.25) is 0 Å². The number of aliphatic hydroxyl groups excluding tert-OH is 1. The SMILES string of the molecule is CC(O)c1cccc(NC(=O)C2C3C=CC(C3)C2C(=O)O)c1. The highest BCUT2D eigenvalue weighted by Gasteiger charge is 2.51. The number of fused-ring (bicyclic) bond motifs is 2. The Kier molecular flexibility index (Phi) is 3.74. The largest absolute Gasteiger partial charge is 0.481 e. The quantitative estimate of drug-likeness (QED) is 0.744. The summed E-state index contributed by atoms with van der Waals surface area (Å²) in [5.41, 5.74) is 1.29. The third-order valence-electron chi connectivity index (χ3n) is 4.68. The van der Waals surface area contributed by atoms with Crippen LogP contribution >= 0.6 is 0 Å². The van der Waals surface area contributed by atoms with Crippen molar-refractivity contribution < 1.29 is 19.8 Å². The Morgan fingerprint density at radius 1 is 1.23 bits per heavy atom. The van der Waals surface area contributed by atoms with Crippen molar-refractivity contribution in [3.63, 3.8) is 0 Å². The van der Waals surface area contributed by atoms with Crippen LogP contribution in [0.5, 0.6) is 0 Å². The molecule has 0 radical (unpaired) electrons. The average Bonchev–Trinajstić information content (AvgIpc) is 3.07. The molecule has 1 aromatic carbocycles. The predicted molar refractivity (Wildman–Crippen MR) is 81.1 cm³/mol. The molecule has 3 rings (SSSR count). The highest BCUT2D eigenvalue weighted by atomic mass is 16.4. The molecule has 0 saturated heterocycles. The van der Waals surface area contributed by atoms with Gasteiger partial charge in [0.1, 0.15) is 0 Å². The molecule has 1 aromatic rings. The van der Waals surface area contributed by atoms with E-state index in [0.29, 0.717) is 11.3 Å². The van der Waals surface area contributed by atoms with Gasteiger partial charge in [-0.25, -0.2) is 0 Å². The number of amides is 1. The highest BCUT2D eigenvalue weighted by Crippen LogP contribution is 2.48. The summed E-state index contributed by atoms with van der Waals surface area (Å²) in [7, 11) is 0. The number of carbonyl (C=O) groups is 2. The minimum atomic E-state index is -0.908. The van der Waals surface area contributed by atoms with Crippen molar-refractivity contribution in [3.8, 4) is 0 Å². The molecule has 0 aliphatic heterocycles. The zero-order chi connectivity index (χ0) is 15.9. The van der Waals surface area contributed by atoms with Crippen molar-refractivity contribution in [3.05, 3.63) is 42.0 Å². The van der Waals surface area contributed by atoms with Crippen molar-refractivity contribution in [1.82, 2.24) is 0 Å². The summed E-state index contributed by atoms with van der Waals surface area (Å²) in [6.45, 7) is 1.65. The fraction of sp³-hybridized carbons (Fsp3) is 0.412. The van der Waals surface area contributed by atoms with Gasteiger partial charge in [0.2, 0.25) is 5.91 Å². The Balaban J connectivity index is 1.78. The van der Waals surface area contributed by atoms with Crippen LogP contribution in [0.1, 0.15) is 25.0 Å². The van der Waals surface area contributed by atoms with E-state index in [-0.39, 0.29) is 17.7 Å². The summed E-state index contributed by atoms with van der Waals surface area (Å²) < 4.78 is 0. The van der Waals surface area contributed by atoms with Crippen LogP contribution < -0.4 is 5.32 Å². The minimum Gasteiger partial charge on any atom is -0.481 e. The molecule has 5 unspecified atom stereocenters. The Morgan fingerprint density at radius 2 is 1.91 bits per heavy atom. The summed E-state index contributed by atoms with van der Waals surface area (Å²) >= 11 is 0. The van der Waals surface area contributed by atoms with Gasteiger partial charge in [-0.3, -0.25) is 9.59 Å². The van der Waals surface area contributed by atoms with Gasteiger partial charge in [0, 0.05) is 5.69 Å². The van der Waals surface area contributed by atoms with Gasteiger partial charge in [0.05, 0.1) is 17.9 Å². The van der Waals surface area contributed by atoms with E-state index in [9.17, 15) is 19.8 Å². The molecule has 2 aliphatic carbocycles. The molecule has 5 nitrogen and oxygen atoms in total. The number of anilines is 1. The van der Waals surface area contributed by atoms with E-state index in [1.54, 1.807) is 31.2 Å². The molecule has 22 heavy (non-hydrogen) atoms.